The molecule has 0 saturated heterocycles. The molecular formula is C37H50O9. The molecule has 0 saturated carbocycles. The van der Waals surface area contributed by atoms with Gasteiger partial charge in [-0.2, -0.15) is 0 Å². The second kappa shape index (κ2) is 20.2. The molecule has 0 amide bonds. The van der Waals surface area contributed by atoms with Gasteiger partial charge in [-0.15, -0.1) is 0 Å². The van der Waals surface area contributed by atoms with Gasteiger partial charge in [0, 0.05) is 11.1 Å². The van der Waals surface area contributed by atoms with Gasteiger partial charge in [-0.3, -0.25) is 4.79 Å². The third-order valence-electron chi connectivity index (χ3n) is 7.78. The Bertz CT molecular complexity index is 1230. The van der Waals surface area contributed by atoms with Gasteiger partial charge in [0.25, 0.3) is 0 Å². The van der Waals surface area contributed by atoms with Crippen molar-refractivity contribution in [3.05, 3.63) is 69.8 Å². The topological polar surface area (TPSA) is 144 Å². The monoisotopic (exact) mass is 638 g/mol. The summed E-state index contributed by atoms with van der Waals surface area (Å²) in [4.78, 5) is 62.5. The lowest BCUT2D eigenvalue weighted by atomic mass is 9.95. The van der Waals surface area contributed by atoms with Gasteiger partial charge in [-0.1, -0.05) is 104 Å². The molecule has 0 atom stereocenters. The summed E-state index contributed by atoms with van der Waals surface area (Å²) in [7, 11) is 0. The number of carbonyl (C=O) groups is 5. The number of ether oxygens (including phenoxy) is 2. The minimum atomic E-state index is -1.41. The normalized spacial score (nSPS) is 11.1. The summed E-state index contributed by atoms with van der Waals surface area (Å²) in [5.74, 6) is -3.72. The first kappa shape index (κ1) is 38.2. The van der Waals surface area contributed by atoms with Crippen LogP contribution in [-0.4, -0.2) is 53.1 Å². The summed E-state index contributed by atoms with van der Waals surface area (Å²) in [5.41, 5.74) is -1.28. The van der Waals surface area contributed by atoms with E-state index in [2.05, 4.69) is 27.7 Å². The predicted octanol–water partition coefficient (Wildman–Crippen LogP) is 8.62. The van der Waals surface area contributed by atoms with E-state index in [-0.39, 0.29) is 35.5 Å². The molecule has 2 rings (SSSR count). The number of benzene rings is 2. The Labute approximate surface area is 272 Å². The number of ketones is 1. The van der Waals surface area contributed by atoms with Gasteiger partial charge < -0.3 is 19.7 Å². The summed E-state index contributed by atoms with van der Waals surface area (Å²) >= 11 is 0. The van der Waals surface area contributed by atoms with Crippen LogP contribution in [0.25, 0.3) is 0 Å². The van der Waals surface area contributed by atoms with Crippen LogP contribution in [0.3, 0.4) is 0 Å². The summed E-state index contributed by atoms with van der Waals surface area (Å²) in [6.45, 7) is 9.09. The molecule has 9 nitrogen and oxygen atoms in total. The molecule has 0 spiro atoms. The molecule has 0 radical (unpaired) electrons. The van der Waals surface area contributed by atoms with Crippen LogP contribution in [-0.2, 0) is 9.47 Å². The Kier molecular flexibility index (Phi) is 16.7. The van der Waals surface area contributed by atoms with Crippen LogP contribution < -0.4 is 0 Å². The fourth-order valence-corrected chi connectivity index (χ4v) is 5.10. The van der Waals surface area contributed by atoms with Crippen LogP contribution in [0, 0.1) is 11.8 Å². The summed E-state index contributed by atoms with van der Waals surface area (Å²) in [6.07, 6.45) is 12.1. The van der Waals surface area contributed by atoms with Crippen molar-refractivity contribution in [1.29, 1.82) is 0 Å². The third kappa shape index (κ3) is 13.2. The van der Waals surface area contributed by atoms with E-state index in [1.54, 1.807) is 0 Å². The number of rotatable bonds is 22. The van der Waals surface area contributed by atoms with E-state index in [9.17, 15) is 34.2 Å². The Balaban J connectivity index is 2.01. The van der Waals surface area contributed by atoms with Gasteiger partial charge in [-0.25, -0.2) is 19.2 Å². The van der Waals surface area contributed by atoms with Crippen LogP contribution in [0.1, 0.15) is 162 Å². The average molecular weight is 639 g/mol. The zero-order chi connectivity index (χ0) is 34.1. The summed E-state index contributed by atoms with van der Waals surface area (Å²) in [5, 5.41) is 19.5. The number of unbranched alkanes of at least 4 members (excludes halogenated alkanes) is 8. The molecule has 0 bridgehead atoms. The fourth-order valence-electron chi connectivity index (χ4n) is 5.10. The van der Waals surface area contributed by atoms with Crippen molar-refractivity contribution in [2.45, 2.75) is 105 Å². The van der Waals surface area contributed by atoms with E-state index in [1.165, 1.54) is 37.1 Å². The van der Waals surface area contributed by atoms with Gasteiger partial charge in [0.15, 0.2) is 5.78 Å². The highest BCUT2D eigenvalue weighted by atomic mass is 16.5. The molecule has 0 fully saturated rings. The molecule has 252 valence electrons. The third-order valence-corrected chi connectivity index (χ3v) is 7.78. The van der Waals surface area contributed by atoms with Crippen molar-refractivity contribution in [3.63, 3.8) is 0 Å². The molecule has 0 aliphatic heterocycles. The maximum atomic E-state index is 13.3. The first-order chi connectivity index (χ1) is 21.9. The lowest BCUT2D eigenvalue weighted by Gasteiger charge is -2.11. The first-order valence-corrected chi connectivity index (χ1v) is 16.6. The maximum absolute atomic E-state index is 13.3. The maximum Gasteiger partial charge on any atom is 0.339 e. The molecule has 0 aliphatic carbocycles. The Hall–Kier alpha value is -4.01. The highest BCUT2D eigenvalue weighted by Crippen LogP contribution is 2.21. The standard InChI is InChI=1S/C37H50O9/c1-25(2)15-11-7-5-9-13-21-45-36(43)29-19-17-27(23-31(29)34(39)40)33(38)28-18-20-30(32(24-28)35(41)42)37(44)46-22-14-10-6-8-12-16-26(3)4/h17-20,23-26H,5-16,21-22H2,1-4H3,(H,39,40)(H,41,42). The number of carboxylic acid groups (broad SMARTS) is 2. The number of carbonyl (C=O) groups excluding carboxylic acids is 3. The van der Waals surface area contributed by atoms with Crippen molar-refractivity contribution < 1.29 is 43.7 Å². The van der Waals surface area contributed by atoms with Gasteiger partial charge in [-0.05, 0) is 48.9 Å². The van der Waals surface area contributed by atoms with Gasteiger partial charge in [0.2, 0.25) is 0 Å². The van der Waals surface area contributed by atoms with Gasteiger partial charge in [0.1, 0.15) is 0 Å². The zero-order valence-corrected chi connectivity index (χ0v) is 27.8. The van der Waals surface area contributed by atoms with E-state index in [1.807, 2.05) is 0 Å². The molecule has 0 aromatic heterocycles. The van der Waals surface area contributed by atoms with Gasteiger partial charge >= 0.3 is 23.9 Å². The highest BCUT2D eigenvalue weighted by molar-refractivity contribution is 6.13. The highest BCUT2D eigenvalue weighted by Gasteiger charge is 2.24. The molecule has 46 heavy (non-hydrogen) atoms. The van der Waals surface area contributed by atoms with Crippen molar-refractivity contribution in [3.8, 4) is 0 Å². The van der Waals surface area contributed by atoms with Crippen LogP contribution in [0.15, 0.2) is 36.4 Å². The van der Waals surface area contributed by atoms with Crippen molar-refractivity contribution >= 4 is 29.7 Å². The molecule has 2 aromatic carbocycles. The number of aromatic carboxylic acids is 2. The summed E-state index contributed by atoms with van der Waals surface area (Å²) in [6, 6.07) is 7.18. The lowest BCUT2D eigenvalue weighted by Crippen LogP contribution is -2.15. The predicted molar refractivity (Wildman–Crippen MR) is 176 cm³/mol. The molecular weight excluding hydrogens is 588 g/mol. The molecule has 0 unspecified atom stereocenters. The first-order valence-electron chi connectivity index (χ1n) is 16.6. The minimum Gasteiger partial charge on any atom is -0.478 e. The average Bonchev–Trinajstić information content (AvgIpc) is 3.01. The lowest BCUT2D eigenvalue weighted by molar-refractivity contribution is 0.0482. The number of hydrogen-bond donors (Lipinski definition) is 2. The van der Waals surface area contributed by atoms with Crippen molar-refractivity contribution in [2.75, 3.05) is 13.2 Å². The van der Waals surface area contributed by atoms with Crippen LogP contribution in [0.4, 0.5) is 0 Å². The van der Waals surface area contributed by atoms with E-state index in [0.29, 0.717) is 24.7 Å². The zero-order valence-electron chi connectivity index (χ0n) is 27.8. The Morgan fingerprint density at radius 1 is 0.522 bits per heavy atom. The second-order valence-electron chi connectivity index (χ2n) is 12.6. The molecule has 2 N–H and O–H groups in total. The Morgan fingerprint density at radius 3 is 1.22 bits per heavy atom. The van der Waals surface area contributed by atoms with Crippen molar-refractivity contribution in [2.24, 2.45) is 11.8 Å². The van der Waals surface area contributed by atoms with Gasteiger partial charge in [0.05, 0.1) is 35.5 Å². The van der Waals surface area contributed by atoms with Crippen molar-refractivity contribution in [1.82, 2.24) is 0 Å². The summed E-state index contributed by atoms with van der Waals surface area (Å²) < 4.78 is 10.6. The molecule has 2 aromatic rings. The van der Waals surface area contributed by atoms with Crippen LogP contribution in [0.2, 0.25) is 0 Å². The SMILES string of the molecule is CC(C)CCCCCCCOC(=O)c1ccc(C(=O)c2ccc(C(=O)OCCCCCCCC(C)C)c(C(=O)O)c2)cc1C(=O)O. The van der Waals surface area contributed by atoms with E-state index < -0.39 is 40.8 Å². The fraction of sp³-hybridized carbons (Fsp3) is 0.541. The number of carboxylic acids is 2. The van der Waals surface area contributed by atoms with E-state index >= 15 is 0 Å². The largest absolute Gasteiger partial charge is 0.478 e. The Morgan fingerprint density at radius 2 is 0.870 bits per heavy atom. The molecule has 0 aliphatic rings. The van der Waals surface area contributed by atoms with E-state index in [0.717, 1.165) is 63.5 Å². The van der Waals surface area contributed by atoms with E-state index in [4.69, 9.17) is 9.47 Å². The molecule has 9 heteroatoms. The number of hydrogen-bond acceptors (Lipinski definition) is 7. The quantitative estimate of drug-likeness (QED) is 0.0735. The van der Waals surface area contributed by atoms with Crippen LogP contribution in [0.5, 0.6) is 0 Å². The molecule has 0 heterocycles. The minimum absolute atomic E-state index is 0.0598. The second-order valence-corrected chi connectivity index (χ2v) is 12.6. The smallest absolute Gasteiger partial charge is 0.339 e. The van der Waals surface area contributed by atoms with Crippen LogP contribution >= 0.6 is 0 Å². The number of esters is 2.